The number of hydrogen-bond donors (Lipinski definition) is 0. The minimum Gasteiger partial charge on any atom is -0.295 e. The van der Waals surface area contributed by atoms with Gasteiger partial charge < -0.3 is 0 Å². The molecular formula is C10H18FN. The summed E-state index contributed by atoms with van der Waals surface area (Å²) < 4.78 is 13.1. The maximum absolute atomic E-state index is 13.1. The van der Waals surface area contributed by atoms with E-state index in [4.69, 9.17) is 0 Å². The molecule has 12 heavy (non-hydrogen) atoms. The van der Waals surface area contributed by atoms with Gasteiger partial charge in [-0.05, 0) is 45.6 Å². The summed E-state index contributed by atoms with van der Waals surface area (Å²) in [7, 11) is 0. The fourth-order valence-corrected chi connectivity index (χ4v) is 2.42. The minimum atomic E-state index is -0.559. The zero-order valence-electron chi connectivity index (χ0n) is 7.85. The van der Waals surface area contributed by atoms with E-state index in [2.05, 4.69) is 11.8 Å². The Morgan fingerprint density at radius 3 is 2.58 bits per heavy atom. The van der Waals surface area contributed by atoms with Crippen molar-refractivity contribution in [2.45, 2.75) is 50.7 Å². The van der Waals surface area contributed by atoms with Gasteiger partial charge in [-0.1, -0.05) is 0 Å². The Labute approximate surface area is 73.9 Å². The lowest BCUT2D eigenvalue weighted by atomic mass is 9.76. The van der Waals surface area contributed by atoms with Crippen LogP contribution in [0.3, 0.4) is 0 Å². The standard InChI is InChI=1S/C10H18FN/c1-10(5-3-6-10)12-7-2-4-9(11)8-12/h9H,2-8H2,1H3/t9-/m1/s1. The fourth-order valence-electron chi connectivity index (χ4n) is 2.42. The molecule has 0 aromatic heterocycles. The number of likely N-dealkylation sites (tertiary alicyclic amines) is 1. The second kappa shape index (κ2) is 2.99. The molecule has 1 heterocycles. The van der Waals surface area contributed by atoms with Crippen LogP contribution in [0, 0.1) is 0 Å². The first kappa shape index (κ1) is 8.49. The van der Waals surface area contributed by atoms with Crippen LogP contribution in [-0.4, -0.2) is 29.7 Å². The molecule has 1 nitrogen and oxygen atoms in total. The third kappa shape index (κ3) is 1.37. The van der Waals surface area contributed by atoms with Crippen LogP contribution in [0.15, 0.2) is 0 Å². The highest BCUT2D eigenvalue weighted by molar-refractivity contribution is 4.95. The zero-order chi connectivity index (χ0) is 8.60. The molecule has 0 amide bonds. The summed E-state index contributed by atoms with van der Waals surface area (Å²) in [5.41, 5.74) is 0.366. The molecule has 1 saturated carbocycles. The molecule has 0 aromatic carbocycles. The monoisotopic (exact) mass is 171 g/mol. The molecule has 0 spiro atoms. The molecule has 1 aliphatic carbocycles. The van der Waals surface area contributed by atoms with Gasteiger partial charge in [0.1, 0.15) is 6.17 Å². The molecule has 0 N–H and O–H groups in total. The molecular weight excluding hydrogens is 153 g/mol. The Balaban J connectivity index is 1.94. The Morgan fingerprint density at radius 1 is 1.33 bits per heavy atom. The molecule has 0 unspecified atom stereocenters. The summed E-state index contributed by atoms with van der Waals surface area (Å²) in [4.78, 5) is 2.37. The molecule has 2 heteroatoms. The SMILES string of the molecule is CC1(N2CCC[C@@H](F)C2)CCC1. The van der Waals surface area contributed by atoms with Crippen LogP contribution in [-0.2, 0) is 0 Å². The summed E-state index contributed by atoms with van der Waals surface area (Å²) in [6.07, 6.45) is 5.17. The van der Waals surface area contributed by atoms with Crippen LogP contribution in [0.25, 0.3) is 0 Å². The van der Waals surface area contributed by atoms with E-state index in [1.165, 1.54) is 19.3 Å². The number of rotatable bonds is 1. The van der Waals surface area contributed by atoms with E-state index >= 15 is 0 Å². The highest BCUT2D eigenvalue weighted by atomic mass is 19.1. The summed E-state index contributed by atoms with van der Waals surface area (Å²) >= 11 is 0. The molecule has 1 aliphatic heterocycles. The summed E-state index contributed by atoms with van der Waals surface area (Å²) in [6.45, 7) is 4.10. The third-order valence-corrected chi connectivity index (χ3v) is 3.56. The first-order valence-corrected chi connectivity index (χ1v) is 5.10. The molecule has 0 bridgehead atoms. The van der Waals surface area contributed by atoms with Crippen LogP contribution in [0.5, 0.6) is 0 Å². The van der Waals surface area contributed by atoms with Crippen LogP contribution in [0.4, 0.5) is 4.39 Å². The second-order valence-electron chi connectivity index (χ2n) is 4.54. The lowest BCUT2D eigenvalue weighted by molar-refractivity contribution is -0.00754. The molecule has 2 rings (SSSR count). The molecule has 70 valence electrons. The van der Waals surface area contributed by atoms with E-state index in [0.29, 0.717) is 12.1 Å². The molecule has 0 aromatic rings. The third-order valence-electron chi connectivity index (χ3n) is 3.56. The summed E-state index contributed by atoms with van der Waals surface area (Å²) in [5.74, 6) is 0. The van der Waals surface area contributed by atoms with Crippen LogP contribution in [0.1, 0.15) is 39.0 Å². The van der Waals surface area contributed by atoms with Crippen LogP contribution in [0.2, 0.25) is 0 Å². The maximum atomic E-state index is 13.1. The van der Waals surface area contributed by atoms with E-state index < -0.39 is 6.17 Å². The lowest BCUT2D eigenvalue weighted by Gasteiger charge is -2.50. The average molecular weight is 171 g/mol. The average Bonchev–Trinajstić information content (AvgIpc) is 2.00. The number of piperidine rings is 1. The Bertz CT molecular complexity index is 165. The number of alkyl halides is 1. The van der Waals surface area contributed by atoms with Gasteiger partial charge in [0.25, 0.3) is 0 Å². The minimum absolute atomic E-state index is 0.366. The second-order valence-corrected chi connectivity index (χ2v) is 4.54. The molecule has 0 radical (unpaired) electrons. The normalized spacial score (nSPS) is 36.0. The van der Waals surface area contributed by atoms with Gasteiger partial charge in [-0.25, -0.2) is 4.39 Å². The number of hydrogen-bond acceptors (Lipinski definition) is 1. The first-order valence-electron chi connectivity index (χ1n) is 5.10. The number of halogens is 1. The zero-order valence-corrected chi connectivity index (χ0v) is 7.85. The Kier molecular flexibility index (Phi) is 2.11. The number of nitrogens with zero attached hydrogens (tertiary/aromatic N) is 1. The molecule has 2 aliphatic rings. The molecule has 1 saturated heterocycles. The molecule has 2 fully saturated rings. The first-order chi connectivity index (χ1) is 5.71. The van der Waals surface area contributed by atoms with Gasteiger partial charge in [-0.3, -0.25) is 4.90 Å². The van der Waals surface area contributed by atoms with Gasteiger partial charge in [0.15, 0.2) is 0 Å². The summed E-state index contributed by atoms with van der Waals surface area (Å²) in [6, 6.07) is 0. The maximum Gasteiger partial charge on any atom is 0.113 e. The predicted octanol–water partition coefficient (Wildman–Crippen LogP) is 2.36. The lowest BCUT2D eigenvalue weighted by Crippen LogP contribution is -2.55. The van der Waals surface area contributed by atoms with E-state index in [1.54, 1.807) is 0 Å². The van der Waals surface area contributed by atoms with Gasteiger partial charge in [0.05, 0.1) is 0 Å². The Morgan fingerprint density at radius 2 is 2.08 bits per heavy atom. The van der Waals surface area contributed by atoms with Crippen molar-refractivity contribution in [3.05, 3.63) is 0 Å². The largest absolute Gasteiger partial charge is 0.295 e. The quantitative estimate of drug-likeness (QED) is 0.585. The van der Waals surface area contributed by atoms with Crippen molar-refractivity contribution >= 4 is 0 Å². The Hall–Kier alpha value is -0.110. The van der Waals surface area contributed by atoms with E-state index in [0.717, 1.165) is 19.4 Å². The van der Waals surface area contributed by atoms with Crippen molar-refractivity contribution in [2.75, 3.05) is 13.1 Å². The van der Waals surface area contributed by atoms with Crippen molar-refractivity contribution in [3.8, 4) is 0 Å². The highest BCUT2D eigenvalue weighted by Gasteiger charge is 2.39. The van der Waals surface area contributed by atoms with Crippen molar-refractivity contribution in [2.24, 2.45) is 0 Å². The van der Waals surface area contributed by atoms with Gasteiger partial charge in [0, 0.05) is 12.1 Å². The van der Waals surface area contributed by atoms with E-state index in [-0.39, 0.29) is 0 Å². The molecule has 1 atom stereocenters. The van der Waals surface area contributed by atoms with Gasteiger partial charge >= 0.3 is 0 Å². The fraction of sp³-hybridized carbons (Fsp3) is 1.00. The van der Waals surface area contributed by atoms with E-state index in [9.17, 15) is 4.39 Å². The summed E-state index contributed by atoms with van der Waals surface area (Å²) in [5, 5.41) is 0. The van der Waals surface area contributed by atoms with Gasteiger partial charge in [-0.15, -0.1) is 0 Å². The van der Waals surface area contributed by atoms with Crippen molar-refractivity contribution in [1.82, 2.24) is 4.90 Å². The highest BCUT2D eigenvalue weighted by Crippen LogP contribution is 2.38. The van der Waals surface area contributed by atoms with Gasteiger partial charge in [0.2, 0.25) is 0 Å². The van der Waals surface area contributed by atoms with Crippen molar-refractivity contribution in [1.29, 1.82) is 0 Å². The smallest absolute Gasteiger partial charge is 0.113 e. The van der Waals surface area contributed by atoms with Crippen molar-refractivity contribution < 1.29 is 4.39 Å². The van der Waals surface area contributed by atoms with Crippen LogP contribution >= 0.6 is 0 Å². The predicted molar refractivity (Wildman–Crippen MR) is 48.0 cm³/mol. The van der Waals surface area contributed by atoms with E-state index in [1.807, 2.05) is 0 Å². The van der Waals surface area contributed by atoms with Gasteiger partial charge in [-0.2, -0.15) is 0 Å². The topological polar surface area (TPSA) is 3.24 Å². The van der Waals surface area contributed by atoms with Crippen LogP contribution < -0.4 is 0 Å². The van der Waals surface area contributed by atoms with Crippen molar-refractivity contribution in [3.63, 3.8) is 0 Å².